The number of nitrogens with zero attached hydrogens (tertiary/aromatic N) is 1. The van der Waals surface area contributed by atoms with Gasteiger partial charge >= 0.3 is 0 Å². The summed E-state index contributed by atoms with van der Waals surface area (Å²) >= 11 is 0. The predicted octanol–water partition coefficient (Wildman–Crippen LogP) is 3.89. The van der Waals surface area contributed by atoms with Gasteiger partial charge in [0, 0.05) is 32.2 Å². The number of rotatable bonds is 3. The quantitative estimate of drug-likeness (QED) is 0.904. The number of aryl methyl sites for hydroxylation is 2. The van der Waals surface area contributed by atoms with Crippen molar-refractivity contribution in [1.29, 1.82) is 0 Å². The van der Waals surface area contributed by atoms with Crippen molar-refractivity contribution in [2.45, 2.75) is 39.2 Å². The van der Waals surface area contributed by atoms with Crippen LogP contribution >= 0.6 is 24.8 Å². The summed E-state index contributed by atoms with van der Waals surface area (Å²) in [6.45, 7) is 9.18. The van der Waals surface area contributed by atoms with Crippen LogP contribution in [-0.2, 0) is 0 Å². The summed E-state index contributed by atoms with van der Waals surface area (Å²) in [4.78, 5) is 2.72. The zero-order valence-corrected chi connectivity index (χ0v) is 14.7. The third kappa shape index (κ3) is 4.13. The molecule has 1 atom stereocenters. The lowest BCUT2D eigenvalue weighted by Crippen LogP contribution is -2.48. The van der Waals surface area contributed by atoms with Crippen LogP contribution in [0.2, 0.25) is 0 Å². The van der Waals surface area contributed by atoms with Crippen molar-refractivity contribution in [3.05, 3.63) is 34.9 Å². The van der Waals surface area contributed by atoms with Crippen molar-refractivity contribution in [1.82, 2.24) is 10.2 Å². The first-order chi connectivity index (χ1) is 9.25. The molecule has 0 spiro atoms. The minimum atomic E-state index is 0. The van der Waals surface area contributed by atoms with Crippen LogP contribution in [0.4, 0.5) is 0 Å². The number of piperazine rings is 1. The van der Waals surface area contributed by atoms with Gasteiger partial charge in [-0.05, 0) is 43.7 Å². The van der Waals surface area contributed by atoms with Crippen LogP contribution < -0.4 is 5.32 Å². The Kier molecular flexibility index (Phi) is 7.49. The normalized spacial score (nSPS) is 20.9. The van der Waals surface area contributed by atoms with Crippen LogP contribution in [0.1, 0.15) is 42.0 Å². The van der Waals surface area contributed by atoms with Crippen molar-refractivity contribution in [3.8, 4) is 0 Å². The molecular formula is C17H28Cl2N2. The van der Waals surface area contributed by atoms with Crippen molar-refractivity contribution in [3.63, 3.8) is 0 Å². The average Bonchev–Trinajstić information content (AvgIpc) is 2.35. The maximum absolute atomic E-state index is 3.48. The van der Waals surface area contributed by atoms with E-state index in [1.807, 2.05) is 0 Å². The lowest BCUT2D eigenvalue weighted by molar-refractivity contribution is 0.0833. The molecule has 0 amide bonds. The number of nitrogens with one attached hydrogen (secondary N) is 1. The van der Waals surface area contributed by atoms with Gasteiger partial charge in [-0.1, -0.05) is 30.2 Å². The topological polar surface area (TPSA) is 15.3 Å². The van der Waals surface area contributed by atoms with E-state index < -0.39 is 0 Å². The van der Waals surface area contributed by atoms with Gasteiger partial charge in [0.2, 0.25) is 0 Å². The molecule has 120 valence electrons. The number of halogens is 2. The highest BCUT2D eigenvalue weighted by molar-refractivity contribution is 5.85. The highest BCUT2D eigenvalue weighted by Crippen LogP contribution is 2.42. The second kappa shape index (κ2) is 8.38. The summed E-state index contributed by atoms with van der Waals surface area (Å²) in [7, 11) is 0. The predicted molar refractivity (Wildman–Crippen MR) is 94.9 cm³/mol. The molecule has 2 fully saturated rings. The minimum absolute atomic E-state index is 0. The van der Waals surface area contributed by atoms with Crippen LogP contribution in [0.15, 0.2) is 18.2 Å². The summed E-state index contributed by atoms with van der Waals surface area (Å²) in [6.07, 6.45) is 4.27. The standard InChI is InChI=1S/C17H26N2.2ClH/c1-13-6-7-16(14(2)12-13)17(15-4-3-5-15)19-10-8-18-9-11-19;;/h6-7,12,15,17-18H,3-5,8-11H2,1-2H3;2*1H/t17-;;/m0../s1. The molecule has 2 aliphatic rings. The summed E-state index contributed by atoms with van der Waals surface area (Å²) in [6, 6.07) is 7.69. The molecule has 1 saturated carbocycles. The second-order valence-corrected chi connectivity index (χ2v) is 6.28. The van der Waals surface area contributed by atoms with Gasteiger partial charge in [0.1, 0.15) is 0 Å². The van der Waals surface area contributed by atoms with Crippen LogP contribution in [0, 0.1) is 19.8 Å². The number of hydrogen-bond acceptors (Lipinski definition) is 2. The Balaban J connectivity index is 0.00000110. The van der Waals surface area contributed by atoms with E-state index >= 15 is 0 Å². The highest BCUT2D eigenvalue weighted by Gasteiger charge is 2.34. The Labute approximate surface area is 141 Å². The van der Waals surface area contributed by atoms with Gasteiger partial charge in [0.15, 0.2) is 0 Å². The van der Waals surface area contributed by atoms with E-state index in [-0.39, 0.29) is 24.8 Å². The Hall–Kier alpha value is -0.280. The van der Waals surface area contributed by atoms with Crippen molar-refractivity contribution < 1.29 is 0 Å². The first kappa shape index (κ1) is 18.8. The van der Waals surface area contributed by atoms with Crippen LogP contribution in [-0.4, -0.2) is 31.1 Å². The SMILES string of the molecule is Cc1ccc([C@H](C2CCC2)N2CCNCC2)c(C)c1.Cl.Cl. The van der Waals surface area contributed by atoms with Gasteiger partial charge in [-0.15, -0.1) is 24.8 Å². The van der Waals surface area contributed by atoms with Crippen LogP contribution in [0.25, 0.3) is 0 Å². The molecule has 1 aromatic carbocycles. The van der Waals surface area contributed by atoms with Gasteiger partial charge < -0.3 is 5.32 Å². The summed E-state index contributed by atoms with van der Waals surface area (Å²) < 4.78 is 0. The van der Waals surface area contributed by atoms with E-state index in [0.717, 1.165) is 19.0 Å². The maximum atomic E-state index is 3.48. The highest BCUT2D eigenvalue weighted by atomic mass is 35.5. The zero-order chi connectivity index (χ0) is 13.2. The van der Waals surface area contributed by atoms with Crippen molar-refractivity contribution in [2.24, 2.45) is 5.92 Å². The first-order valence-electron chi connectivity index (χ1n) is 7.77. The van der Waals surface area contributed by atoms with Gasteiger partial charge in [0.25, 0.3) is 0 Å². The maximum Gasteiger partial charge on any atom is 0.0379 e. The fraction of sp³-hybridized carbons (Fsp3) is 0.647. The molecule has 21 heavy (non-hydrogen) atoms. The fourth-order valence-electron chi connectivity index (χ4n) is 3.62. The van der Waals surface area contributed by atoms with Gasteiger partial charge in [0.05, 0.1) is 0 Å². The largest absolute Gasteiger partial charge is 0.314 e. The third-order valence-corrected chi connectivity index (χ3v) is 4.89. The van der Waals surface area contributed by atoms with E-state index in [9.17, 15) is 0 Å². The van der Waals surface area contributed by atoms with Crippen LogP contribution in [0.3, 0.4) is 0 Å². The third-order valence-electron chi connectivity index (χ3n) is 4.89. The lowest BCUT2D eigenvalue weighted by atomic mass is 9.75. The van der Waals surface area contributed by atoms with E-state index in [2.05, 4.69) is 42.3 Å². The summed E-state index contributed by atoms with van der Waals surface area (Å²) in [5, 5.41) is 3.48. The molecule has 1 saturated heterocycles. The Morgan fingerprint density at radius 3 is 2.29 bits per heavy atom. The monoisotopic (exact) mass is 330 g/mol. The molecule has 0 unspecified atom stereocenters. The number of benzene rings is 1. The summed E-state index contributed by atoms with van der Waals surface area (Å²) in [5.41, 5.74) is 4.45. The molecule has 2 nitrogen and oxygen atoms in total. The Morgan fingerprint density at radius 1 is 1.10 bits per heavy atom. The molecule has 0 bridgehead atoms. The zero-order valence-electron chi connectivity index (χ0n) is 13.1. The molecular weight excluding hydrogens is 303 g/mol. The van der Waals surface area contributed by atoms with Crippen molar-refractivity contribution in [2.75, 3.05) is 26.2 Å². The molecule has 1 heterocycles. The van der Waals surface area contributed by atoms with Crippen LogP contribution in [0.5, 0.6) is 0 Å². The minimum Gasteiger partial charge on any atom is -0.314 e. The molecule has 1 aliphatic heterocycles. The molecule has 0 radical (unpaired) electrons. The van der Waals surface area contributed by atoms with Gasteiger partial charge in [-0.3, -0.25) is 4.90 Å². The smallest absolute Gasteiger partial charge is 0.0379 e. The first-order valence-corrected chi connectivity index (χ1v) is 7.77. The Morgan fingerprint density at radius 2 is 1.76 bits per heavy atom. The van der Waals surface area contributed by atoms with Gasteiger partial charge in [-0.2, -0.15) is 0 Å². The molecule has 1 aliphatic carbocycles. The van der Waals surface area contributed by atoms with Gasteiger partial charge in [-0.25, -0.2) is 0 Å². The lowest BCUT2D eigenvalue weighted by Gasteiger charge is -2.44. The second-order valence-electron chi connectivity index (χ2n) is 6.28. The molecule has 4 heteroatoms. The molecule has 1 aromatic rings. The molecule has 3 rings (SSSR count). The average molecular weight is 331 g/mol. The van der Waals surface area contributed by atoms with E-state index in [1.54, 1.807) is 5.56 Å². The van der Waals surface area contributed by atoms with E-state index in [1.165, 1.54) is 43.5 Å². The van der Waals surface area contributed by atoms with E-state index in [4.69, 9.17) is 0 Å². The summed E-state index contributed by atoms with van der Waals surface area (Å²) in [5.74, 6) is 0.888. The van der Waals surface area contributed by atoms with E-state index in [0.29, 0.717) is 6.04 Å². The molecule has 0 aromatic heterocycles. The Bertz CT molecular complexity index is 440. The number of hydrogen-bond donors (Lipinski definition) is 1. The molecule has 1 N–H and O–H groups in total. The van der Waals surface area contributed by atoms with Crippen molar-refractivity contribution >= 4 is 24.8 Å². The fourth-order valence-corrected chi connectivity index (χ4v) is 3.62.